The zero-order valence-corrected chi connectivity index (χ0v) is 35.8. The molecule has 4 rings (SSSR count). The van der Waals surface area contributed by atoms with Crippen molar-refractivity contribution in [2.45, 2.75) is 101 Å². The average molecular weight is 749 g/mol. The van der Waals surface area contributed by atoms with E-state index in [1.54, 1.807) is 0 Å². The first-order chi connectivity index (χ1) is 26.4. The van der Waals surface area contributed by atoms with Crippen LogP contribution >= 0.6 is 0 Å². The van der Waals surface area contributed by atoms with Crippen LogP contribution in [0.1, 0.15) is 95.2 Å². The number of hydrogen-bond donors (Lipinski definition) is 4. The maximum atomic E-state index is 6.32. The summed E-state index contributed by atoms with van der Waals surface area (Å²) in [5, 5.41) is 14.9. The molecule has 0 atom stereocenters. The third kappa shape index (κ3) is 14.7. The minimum atomic E-state index is 0.574. The number of para-hydroxylation sites is 2. The number of benzene rings is 4. The first-order valence-electron chi connectivity index (χ1n) is 21.0. The predicted octanol–water partition coefficient (Wildman–Crippen LogP) is 12.0. The number of nitrogens with one attached hydrogen (secondary N) is 4. The van der Waals surface area contributed by atoms with Gasteiger partial charge in [0.05, 0.1) is 24.6 Å². The second-order valence-electron chi connectivity index (χ2n) is 17.1. The molecule has 0 aromatic heterocycles. The first-order valence-corrected chi connectivity index (χ1v) is 21.0. The Kier molecular flexibility index (Phi) is 17.6. The summed E-state index contributed by atoms with van der Waals surface area (Å²) in [5.74, 6) is 4.20. The molecular weight excluding hydrogens is 677 g/mol. The molecule has 0 amide bonds. The quantitative estimate of drug-likeness (QED) is 0.0535. The molecule has 4 aromatic rings. The SMILES string of the molecule is Cc1ccc(OCCCOc2ccc(C)cc2NCCNc2c(CC(C)C)cccc2CC(C)C)c(NCCNc2c(CC(C)C)cccc2CC(C)C)c1. The van der Waals surface area contributed by atoms with Crippen molar-refractivity contribution >= 4 is 22.7 Å². The molecule has 0 bridgehead atoms. The standard InChI is InChI=1S/C49H72N4O2/c1-34(2)28-40-14-11-15-41(29-35(3)4)48(40)52-24-22-50-44-32-38(9)18-20-46(44)54-26-13-27-55-47-21-19-39(10)33-45(47)51-23-25-53-49-42(30-36(5)6)16-12-17-43(49)31-37(7)8/h11-12,14-21,32-37,50-53H,13,22-31H2,1-10H3. The zero-order valence-electron chi connectivity index (χ0n) is 35.8. The van der Waals surface area contributed by atoms with Gasteiger partial charge in [0.2, 0.25) is 0 Å². The Balaban J connectivity index is 1.27. The topological polar surface area (TPSA) is 66.6 Å². The second-order valence-corrected chi connectivity index (χ2v) is 17.1. The van der Waals surface area contributed by atoms with Crippen LogP contribution in [0.4, 0.5) is 22.7 Å². The number of aryl methyl sites for hydroxylation is 2. The van der Waals surface area contributed by atoms with Crippen LogP contribution in [0.2, 0.25) is 0 Å². The summed E-state index contributed by atoms with van der Waals surface area (Å²) in [6.07, 6.45) is 5.09. The van der Waals surface area contributed by atoms with Gasteiger partial charge in [0.25, 0.3) is 0 Å². The molecule has 300 valence electrons. The molecular formula is C49H72N4O2. The van der Waals surface area contributed by atoms with Gasteiger partial charge >= 0.3 is 0 Å². The summed E-state index contributed by atoms with van der Waals surface area (Å²) in [6, 6.07) is 26.3. The van der Waals surface area contributed by atoms with Crippen LogP contribution in [-0.4, -0.2) is 39.4 Å². The van der Waals surface area contributed by atoms with Crippen LogP contribution in [0.3, 0.4) is 0 Å². The first kappa shape index (κ1) is 43.4. The van der Waals surface area contributed by atoms with E-state index in [0.717, 1.165) is 81.2 Å². The third-order valence-electron chi connectivity index (χ3n) is 9.55. The van der Waals surface area contributed by atoms with Gasteiger partial charge in [-0.1, -0.05) is 104 Å². The van der Waals surface area contributed by atoms with Gasteiger partial charge in [0, 0.05) is 44.0 Å². The van der Waals surface area contributed by atoms with E-state index in [-0.39, 0.29) is 0 Å². The maximum Gasteiger partial charge on any atom is 0.142 e. The van der Waals surface area contributed by atoms with Crippen molar-refractivity contribution in [3.8, 4) is 11.5 Å². The molecule has 0 aliphatic rings. The highest BCUT2D eigenvalue weighted by Crippen LogP contribution is 2.30. The van der Waals surface area contributed by atoms with E-state index in [1.807, 2.05) is 0 Å². The van der Waals surface area contributed by atoms with Gasteiger partial charge < -0.3 is 30.7 Å². The van der Waals surface area contributed by atoms with Crippen molar-refractivity contribution in [2.24, 2.45) is 23.7 Å². The van der Waals surface area contributed by atoms with Crippen molar-refractivity contribution in [2.75, 3.05) is 60.7 Å². The number of ether oxygens (including phenoxy) is 2. The summed E-state index contributed by atoms with van der Waals surface area (Å²) >= 11 is 0. The number of rotatable bonds is 24. The molecule has 0 heterocycles. The van der Waals surface area contributed by atoms with Gasteiger partial charge in [0.1, 0.15) is 11.5 Å². The summed E-state index contributed by atoms with van der Waals surface area (Å²) in [5.41, 5.74) is 12.7. The lowest BCUT2D eigenvalue weighted by molar-refractivity contribution is 0.248. The summed E-state index contributed by atoms with van der Waals surface area (Å²) < 4.78 is 12.6. The Bertz CT molecular complexity index is 1560. The molecule has 0 aliphatic heterocycles. The monoisotopic (exact) mass is 749 g/mol. The molecule has 0 fully saturated rings. The fourth-order valence-electron chi connectivity index (χ4n) is 7.21. The fraction of sp³-hybridized carbons (Fsp3) is 0.510. The Morgan fingerprint density at radius 1 is 0.436 bits per heavy atom. The Hall–Kier alpha value is -4.32. The van der Waals surface area contributed by atoms with Crippen molar-refractivity contribution in [3.63, 3.8) is 0 Å². The molecule has 6 nitrogen and oxygen atoms in total. The van der Waals surface area contributed by atoms with E-state index in [4.69, 9.17) is 9.47 Å². The molecule has 0 saturated heterocycles. The van der Waals surface area contributed by atoms with E-state index < -0.39 is 0 Å². The van der Waals surface area contributed by atoms with Gasteiger partial charge in [-0.2, -0.15) is 0 Å². The smallest absolute Gasteiger partial charge is 0.142 e. The summed E-state index contributed by atoms with van der Waals surface area (Å²) in [7, 11) is 0. The molecule has 0 unspecified atom stereocenters. The van der Waals surface area contributed by atoms with E-state index in [2.05, 4.69) is 163 Å². The van der Waals surface area contributed by atoms with Crippen LogP contribution in [0.5, 0.6) is 11.5 Å². The van der Waals surface area contributed by atoms with Gasteiger partial charge in [-0.05, 0) is 121 Å². The predicted molar refractivity (Wildman–Crippen MR) is 239 cm³/mol. The molecule has 4 aromatic carbocycles. The van der Waals surface area contributed by atoms with E-state index in [0.29, 0.717) is 36.9 Å². The van der Waals surface area contributed by atoms with Crippen molar-refractivity contribution in [1.29, 1.82) is 0 Å². The van der Waals surface area contributed by atoms with Gasteiger partial charge in [-0.15, -0.1) is 0 Å². The van der Waals surface area contributed by atoms with E-state index >= 15 is 0 Å². The molecule has 6 heteroatoms. The van der Waals surface area contributed by atoms with Crippen molar-refractivity contribution in [1.82, 2.24) is 0 Å². The van der Waals surface area contributed by atoms with Crippen LogP contribution in [-0.2, 0) is 25.7 Å². The highest BCUT2D eigenvalue weighted by Gasteiger charge is 2.14. The van der Waals surface area contributed by atoms with Crippen LogP contribution in [0, 0.1) is 37.5 Å². The number of hydrogen-bond acceptors (Lipinski definition) is 6. The van der Waals surface area contributed by atoms with E-state index in [1.165, 1.54) is 44.8 Å². The lowest BCUT2D eigenvalue weighted by Crippen LogP contribution is -2.17. The fourth-order valence-corrected chi connectivity index (χ4v) is 7.21. The Morgan fingerprint density at radius 3 is 1.09 bits per heavy atom. The minimum absolute atomic E-state index is 0.574. The lowest BCUT2D eigenvalue weighted by Gasteiger charge is -2.20. The molecule has 0 saturated carbocycles. The summed E-state index contributed by atoms with van der Waals surface area (Å²) in [4.78, 5) is 0. The summed E-state index contributed by atoms with van der Waals surface area (Å²) in [6.45, 7) is 27.0. The maximum absolute atomic E-state index is 6.32. The third-order valence-corrected chi connectivity index (χ3v) is 9.55. The molecule has 0 spiro atoms. The van der Waals surface area contributed by atoms with Crippen LogP contribution in [0.15, 0.2) is 72.8 Å². The largest absolute Gasteiger partial charge is 0.491 e. The Labute approximate surface area is 334 Å². The second kappa shape index (κ2) is 22.3. The van der Waals surface area contributed by atoms with Crippen LogP contribution in [0.25, 0.3) is 0 Å². The average Bonchev–Trinajstić information content (AvgIpc) is 3.10. The van der Waals surface area contributed by atoms with Gasteiger partial charge in [0.15, 0.2) is 0 Å². The van der Waals surface area contributed by atoms with Gasteiger partial charge in [-0.25, -0.2) is 0 Å². The van der Waals surface area contributed by atoms with Crippen LogP contribution < -0.4 is 30.7 Å². The minimum Gasteiger partial charge on any atom is -0.491 e. The highest BCUT2D eigenvalue weighted by molar-refractivity contribution is 5.61. The number of anilines is 4. The molecule has 0 radical (unpaired) electrons. The highest BCUT2D eigenvalue weighted by atomic mass is 16.5. The molecule has 0 aliphatic carbocycles. The van der Waals surface area contributed by atoms with E-state index in [9.17, 15) is 0 Å². The normalized spacial score (nSPS) is 11.5. The lowest BCUT2D eigenvalue weighted by atomic mass is 9.94. The van der Waals surface area contributed by atoms with Crippen molar-refractivity contribution < 1.29 is 9.47 Å². The Morgan fingerprint density at radius 2 is 0.764 bits per heavy atom. The van der Waals surface area contributed by atoms with Gasteiger partial charge in [-0.3, -0.25) is 0 Å². The molecule has 4 N–H and O–H groups in total. The zero-order chi connectivity index (χ0) is 39.7. The van der Waals surface area contributed by atoms with Crippen molar-refractivity contribution in [3.05, 3.63) is 106 Å². The molecule has 55 heavy (non-hydrogen) atoms.